The molecule has 1 aromatic carbocycles. The molecule has 0 radical (unpaired) electrons. The molecule has 1 N–H and O–H groups in total. The third-order valence-corrected chi connectivity index (χ3v) is 4.18. The van der Waals surface area contributed by atoms with Gasteiger partial charge in [0, 0.05) is 19.1 Å². The molecule has 2 rings (SSSR count). The number of benzene rings is 1. The number of rotatable bonds is 6. The van der Waals surface area contributed by atoms with E-state index in [0.717, 1.165) is 19.5 Å². The molecule has 1 aromatic rings. The molecular weight excluding hydrogens is 232 g/mol. The molecule has 106 valence electrons. The van der Waals surface area contributed by atoms with Crippen LogP contribution in [0.1, 0.15) is 44.2 Å². The summed E-state index contributed by atoms with van der Waals surface area (Å²) in [6, 6.07) is 9.80. The zero-order chi connectivity index (χ0) is 13.5. The van der Waals surface area contributed by atoms with Crippen LogP contribution >= 0.6 is 0 Å². The van der Waals surface area contributed by atoms with Gasteiger partial charge in [0.25, 0.3) is 0 Å². The van der Waals surface area contributed by atoms with Crippen molar-refractivity contribution in [1.29, 1.82) is 0 Å². The molecule has 0 aliphatic carbocycles. The fourth-order valence-electron chi connectivity index (χ4n) is 2.84. The topological polar surface area (TPSA) is 15.3 Å². The summed E-state index contributed by atoms with van der Waals surface area (Å²) in [6.45, 7) is 9.08. The Balaban J connectivity index is 1.86. The highest BCUT2D eigenvalue weighted by Crippen LogP contribution is 2.12. The van der Waals surface area contributed by atoms with E-state index in [2.05, 4.69) is 48.3 Å². The summed E-state index contributed by atoms with van der Waals surface area (Å²) >= 11 is 0. The zero-order valence-corrected chi connectivity index (χ0v) is 12.5. The van der Waals surface area contributed by atoms with Crippen molar-refractivity contribution >= 4 is 0 Å². The van der Waals surface area contributed by atoms with Crippen LogP contribution in [-0.2, 0) is 13.0 Å². The summed E-state index contributed by atoms with van der Waals surface area (Å²) in [5, 5.41) is 3.65. The van der Waals surface area contributed by atoms with E-state index in [4.69, 9.17) is 0 Å². The largest absolute Gasteiger partial charge is 0.313 e. The van der Waals surface area contributed by atoms with Crippen molar-refractivity contribution in [2.75, 3.05) is 19.6 Å². The van der Waals surface area contributed by atoms with E-state index < -0.39 is 0 Å². The first kappa shape index (κ1) is 14.5. The molecule has 1 heterocycles. The fraction of sp³-hybridized carbons (Fsp3) is 0.647. The van der Waals surface area contributed by atoms with Gasteiger partial charge in [-0.1, -0.05) is 44.5 Å². The molecule has 1 atom stereocenters. The standard InChI is InChI=1S/C17H28N2/c1-3-15-8-10-16(11-9-15)13-19(4-2)14-17-7-5-6-12-18-17/h8-11,17-18H,3-7,12-14H2,1-2H3. The predicted octanol–water partition coefficient (Wildman–Crippen LogP) is 3.21. The summed E-state index contributed by atoms with van der Waals surface area (Å²) in [7, 11) is 0. The first-order chi connectivity index (χ1) is 9.31. The fourth-order valence-corrected chi connectivity index (χ4v) is 2.84. The SMILES string of the molecule is CCc1ccc(CN(CC)CC2CCCCN2)cc1. The maximum Gasteiger partial charge on any atom is 0.0234 e. The molecule has 0 aromatic heterocycles. The second-order valence-electron chi connectivity index (χ2n) is 5.64. The van der Waals surface area contributed by atoms with Crippen LogP contribution < -0.4 is 5.32 Å². The highest BCUT2D eigenvalue weighted by Gasteiger charge is 2.15. The van der Waals surface area contributed by atoms with Crippen LogP contribution in [-0.4, -0.2) is 30.6 Å². The lowest BCUT2D eigenvalue weighted by atomic mass is 10.0. The second kappa shape index (κ2) is 7.66. The first-order valence-corrected chi connectivity index (χ1v) is 7.85. The zero-order valence-electron chi connectivity index (χ0n) is 12.5. The summed E-state index contributed by atoms with van der Waals surface area (Å²) in [5.74, 6) is 0. The van der Waals surface area contributed by atoms with Crippen LogP contribution in [0.4, 0.5) is 0 Å². The van der Waals surface area contributed by atoms with Crippen molar-refractivity contribution in [2.45, 2.75) is 52.1 Å². The van der Waals surface area contributed by atoms with Crippen molar-refractivity contribution in [3.63, 3.8) is 0 Å². The van der Waals surface area contributed by atoms with Gasteiger partial charge in [0.05, 0.1) is 0 Å². The molecule has 1 fully saturated rings. The molecular formula is C17H28N2. The number of piperidine rings is 1. The van der Waals surface area contributed by atoms with E-state index in [1.807, 2.05) is 0 Å². The van der Waals surface area contributed by atoms with Gasteiger partial charge in [-0.25, -0.2) is 0 Å². The quantitative estimate of drug-likeness (QED) is 0.845. The molecule has 1 aliphatic rings. The summed E-state index contributed by atoms with van der Waals surface area (Å²) in [6.07, 6.45) is 5.20. The van der Waals surface area contributed by atoms with E-state index in [-0.39, 0.29) is 0 Å². The summed E-state index contributed by atoms with van der Waals surface area (Å²) in [5.41, 5.74) is 2.87. The number of nitrogens with one attached hydrogen (secondary N) is 1. The number of likely N-dealkylation sites (N-methyl/N-ethyl adjacent to an activating group) is 1. The van der Waals surface area contributed by atoms with Crippen molar-refractivity contribution in [3.8, 4) is 0 Å². The second-order valence-corrected chi connectivity index (χ2v) is 5.64. The summed E-state index contributed by atoms with van der Waals surface area (Å²) in [4.78, 5) is 2.56. The van der Waals surface area contributed by atoms with Gasteiger partial charge in [-0.2, -0.15) is 0 Å². The molecule has 0 amide bonds. The minimum atomic E-state index is 0.698. The lowest BCUT2D eigenvalue weighted by molar-refractivity contribution is 0.226. The molecule has 1 unspecified atom stereocenters. The van der Waals surface area contributed by atoms with Gasteiger partial charge in [0.1, 0.15) is 0 Å². The summed E-state index contributed by atoms with van der Waals surface area (Å²) < 4.78 is 0. The average Bonchev–Trinajstić information content (AvgIpc) is 2.48. The maximum absolute atomic E-state index is 3.65. The third kappa shape index (κ3) is 4.63. The van der Waals surface area contributed by atoms with Crippen molar-refractivity contribution in [2.24, 2.45) is 0 Å². The predicted molar refractivity (Wildman–Crippen MR) is 82.4 cm³/mol. The van der Waals surface area contributed by atoms with Crippen LogP contribution in [0.2, 0.25) is 0 Å². The van der Waals surface area contributed by atoms with Crippen molar-refractivity contribution in [3.05, 3.63) is 35.4 Å². The van der Waals surface area contributed by atoms with Gasteiger partial charge in [0.15, 0.2) is 0 Å². The van der Waals surface area contributed by atoms with E-state index in [9.17, 15) is 0 Å². The smallest absolute Gasteiger partial charge is 0.0234 e. The van der Waals surface area contributed by atoms with Gasteiger partial charge in [-0.15, -0.1) is 0 Å². The molecule has 1 aliphatic heterocycles. The van der Waals surface area contributed by atoms with Crippen LogP contribution in [0.5, 0.6) is 0 Å². The van der Waals surface area contributed by atoms with Gasteiger partial charge >= 0.3 is 0 Å². The Morgan fingerprint density at radius 2 is 1.84 bits per heavy atom. The number of aryl methyl sites for hydroxylation is 1. The molecule has 2 nitrogen and oxygen atoms in total. The Morgan fingerprint density at radius 3 is 2.42 bits per heavy atom. The monoisotopic (exact) mass is 260 g/mol. The molecule has 2 heteroatoms. The van der Waals surface area contributed by atoms with E-state index >= 15 is 0 Å². The molecule has 19 heavy (non-hydrogen) atoms. The average molecular weight is 260 g/mol. The Hall–Kier alpha value is -0.860. The Morgan fingerprint density at radius 1 is 1.11 bits per heavy atom. The molecule has 1 saturated heterocycles. The Kier molecular flexibility index (Phi) is 5.87. The van der Waals surface area contributed by atoms with Crippen LogP contribution in [0, 0.1) is 0 Å². The van der Waals surface area contributed by atoms with E-state index in [1.54, 1.807) is 0 Å². The number of nitrogens with zero attached hydrogens (tertiary/aromatic N) is 1. The lowest BCUT2D eigenvalue weighted by Gasteiger charge is -2.30. The third-order valence-electron chi connectivity index (χ3n) is 4.18. The highest BCUT2D eigenvalue weighted by molar-refractivity contribution is 5.22. The van der Waals surface area contributed by atoms with Crippen molar-refractivity contribution in [1.82, 2.24) is 10.2 Å². The Labute approximate surface area is 118 Å². The minimum Gasteiger partial charge on any atom is -0.313 e. The molecule has 0 bridgehead atoms. The highest BCUT2D eigenvalue weighted by atomic mass is 15.1. The number of hydrogen-bond donors (Lipinski definition) is 1. The first-order valence-electron chi connectivity index (χ1n) is 7.85. The van der Waals surface area contributed by atoms with Crippen LogP contribution in [0.25, 0.3) is 0 Å². The van der Waals surface area contributed by atoms with Crippen molar-refractivity contribution < 1.29 is 0 Å². The maximum atomic E-state index is 3.65. The van der Waals surface area contributed by atoms with E-state index in [1.165, 1.54) is 43.5 Å². The van der Waals surface area contributed by atoms with Crippen LogP contribution in [0.3, 0.4) is 0 Å². The molecule has 0 saturated carbocycles. The van der Waals surface area contributed by atoms with Gasteiger partial charge in [-0.3, -0.25) is 4.90 Å². The number of hydrogen-bond acceptors (Lipinski definition) is 2. The van der Waals surface area contributed by atoms with E-state index in [0.29, 0.717) is 6.04 Å². The Bertz CT molecular complexity index is 352. The van der Waals surface area contributed by atoms with Crippen LogP contribution in [0.15, 0.2) is 24.3 Å². The molecule has 0 spiro atoms. The van der Waals surface area contributed by atoms with Gasteiger partial charge in [-0.05, 0) is 43.5 Å². The lowest BCUT2D eigenvalue weighted by Crippen LogP contribution is -2.43. The van der Waals surface area contributed by atoms with Gasteiger partial charge < -0.3 is 5.32 Å². The normalized spacial score (nSPS) is 19.8. The van der Waals surface area contributed by atoms with Gasteiger partial charge in [0.2, 0.25) is 0 Å². The minimum absolute atomic E-state index is 0.698.